The Bertz CT molecular complexity index is 934. The molecule has 4 atom stereocenters. The van der Waals surface area contributed by atoms with Crippen LogP contribution in [0, 0.1) is 0 Å². The van der Waals surface area contributed by atoms with Gasteiger partial charge in [-0.25, -0.2) is 4.79 Å². The molecule has 0 spiro atoms. The summed E-state index contributed by atoms with van der Waals surface area (Å²) in [5.74, 6) is -7.29. The van der Waals surface area contributed by atoms with Crippen LogP contribution in [-0.2, 0) is 35.2 Å². The number of aromatic hydroxyl groups is 1. The van der Waals surface area contributed by atoms with Crippen LogP contribution in [0.4, 0.5) is 0 Å². The van der Waals surface area contributed by atoms with Crippen molar-refractivity contribution in [3.05, 3.63) is 29.8 Å². The lowest BCUT2D eigenvalue weighted by atomic mass is 10.1. The first-order valence-electron chi connectivity index (χ1n) is 9.91. The molecule has 14 nitrogen and oxygen atoms in total. The van der Waals surface area contributed by atoms with E-state index < -0.39 is 72.6 Å². The number of amides is 3. The molecule has 1 aromatic rings. The number of benzene rings is 1. The largest absolute Gasteiger partial charge is 0.508 e. The second-order valence-electron chi connectivity index (χ2n) is 7.36. The number of aliphatic carboxylic acids is 3. The highest BCUT2D eigenvalue weighted by atomic mass is 16.4. The highest BCUT2D eigenvalue weighted by molar-refractivity contribution is 5.96. The second kappa shape index (κ2) is 12.7. The van der Waals surface area contributed by atoms with E-state index in [1.165, 1.54) is 31.2 Å². The Kier molecular flexibility index (Phi) is 10.4. The molecule has 34 heavy (non-hydrogen) atoms. The maximum atomic E-state index is 12.5. The summed E-state index contributed by atoms with van der Waals surface area (Å²) in [7, 11) is 0. The molecule has 9 N–H and O–H groups in total. The van der Waals surface area contributed by atoms with Gasteiger partial charge in [0.15, 0.2) is 0 Å². The van der Waals surface area contributed by atoms with Gasteiger partial charge in [0.05, 0.1) is 18.9 Å². The van der Waals surface area contributed by atoms with Crippen molar-refractivity contribution >= 4 is 35.6 Å². The number of nitrogens with two attached hydrogens (primary N) is 1. The van der Waals surface area contributed by atoms with Crippen LogP contribution >= 0.6 is 0 Å². The van der Waals surface area contributed by atoms with E-state index in [0.717, 1.165) is 0 Å². The van der Waals surface area contributed by atoms with Crippen LogP contribution in [0.5, 0.6) is 5.75 Å². The average Bonchev–Trinajstić information content (AvgIpc) is 2.73. The van der Waals surface area contributed by atoms with Crippen molar-refractivity contribution in [3.63, 3.8) is 0 Å². The van der Waals surface area contributed by atoms with Crippen LogP contribution in [0.25, 0.3) is 0 Å². The summed E-state index contributed by atoms with van der Waals surface area (Å²) in [5.41, 5.74) is 5.90. The standard InChI is InChI=1S/C20H26N4O10/c1-9(17(30)24-14(20(33)34)6-10-2-4-11(25)5-3-10)22-19(32)13(8-16(28)29)23-18(31)12(21)7-15(26)27/h2-5,9,12-14,25H,6-8,21H2,1H3,(H,22,32)(H,23,31)(H,24,30)(H,26,27)(H,28,29)(H,33,34). The third kappa shape index (κ3) is 9.52. The quantitative estimate of drug-likeness (QED) is 0.149. The van der Waals surface area contributed by atoms with Crippen molar-refractivity contribution in [3.8, 4) is 5.75 Å². The molecule has 0 heterocycles. The summed E-state index contributed by atoms with van der Waals surface area (Å²) in [6, 6.07) is -0.287. The number of carbonyl (C=O) groups excluding carboxylic acids is 3. The first-order chi connectivity index (χ1) is 15.8. The average molecular weight is 482 g/mol. The Morgan fingerprint density at radius 3 is 1.82 bits per heavy atom. The third-order valence-corrected chi connectivity index (χ3v) is 4.49. The zero-order valence-corrected chi connectivity index (χ0v) is 18.1. The highest BCUT2D eigenvalue weighted by Gasteiger charge is 2.30. The van der Waals surface area contributed by atoms with Gasteiger partial charge in [0, 0.05) is 6.42 Å². The second-order valence-corrected chi connectivity index (χ2v) is 7.36. The van der Waals surface area contributed by atoms with Gasteiger partial charge in [-0.1, -0.05) is 12.1 Å². The lowest BCUT2D eigenvalue weighted by Gasteiger charge is -2.22. The van der Waals surface area contributed by atoms with Gasteiger partial charge in [0.25, 0.3) is 0 Å². The molecule has 0 aliphatic carbocycles. The van der Waals surface area contributed by atoms with Crippen molar-refractivity contribution in [1.29, 1.82) is 0 Å². The minimum Gasteiger partial charge on any atom is -0.508 e. The molecule has 1 aromatic carbocycles. The molecule has 0 bridgehead atoms. The Hall–Kier alpha value is -4.20. The van der Waals surface area contributed by atoms with E-state index in [2.05, 4.69) is 10.6 Å². The number of carboxylic acid groups (broad SMARTS) is 3. The normalized spacial score (nSPS) is 14.1. The van der Waals surface area contributed by atoms with Crippen LogP contribution in [0.3, 0.4) is 0 Å². The van der Waals surface area contributed by atoms with E-state index >= 15 is 0 Å². The van der Waals surface area contributed by atoms with Crippen LogP contribution in [0.2, 0.25) is 0 Å². The molecule has 4 unspecified atom stereocenters. The fourth-order valence-corrected chi connectivity index (χ4v) is 2.69. The molecular formula is C20H26N4O10. The zero-order chi connectivity index (χ0) is 26.0. The van der Waals surface area contributed by atoms with Gasteiger partial charge < -0.3 is 42.1 Å². The molecule has 0 aliphatic heterocycles. The number of hydrogen-bond acceptors (Lipinski definition) is 8. The van der Waals surface area contributed by atoms with Crippen molar-refractivity contribution in [2.75, 3.05) is 0 Å². The number of hydrogen-bond donors (Lipinski definition) is 8. The van der Waals surface area contributed by atoms with E-state index in [1.807, 2.05) is 5.32 Å². The number of carboxylic acids is 3. The number of phenolic OH excluding ortho intramolecular Hbond substituents is 1. The van der Waals surface area contributed by atoms with Crippen molar-refractivity contribution < 1.29 is 49.2 Å². The number of rotatable bonds is 13. The molecule has 186 valence electrons. The molecular weight excluding hydrogens is 456 g/mol. The van der Waals surface area contributed by atoms with E-state index in [9.17, 15) is 39.0 Å². The molecule has 0 radical (unpaired) electrons. The monoisotopic (exact) mass is 482 g/mol. The Morgan fingerprint density at radius 2 is 1.32 bits per heavy atom. The van der Waals surface area contributed by atoms with E-state index in [-0.39, 0.29) is 12.2 Å². The van der Waals surface area contributed by atoms with Gasteiger partial charge in [-0.3, -0.25) is 24.0 Å². The SMILES string of the molecule is CC(NC(=O)C(CC(=O)O)NC(=O)C(N)CC(=O)O)C(=O)NC(Cc1ccc(O)cc1)C(=O)O. The molecule has 0 saturated carbocycles. The Labute approximate surface area is 193 Å². The molecule has 0 aliphatic rings. The third-order valence-electron chi connectivity index (χ3n) is 4.49. The van der Waals surface area contributed by atoms with Gasteiger partial charge >= 0.3 is 17.9 Å². The molecule has 1 rings (SSSR count). The summed E-state index contributed by atoms with van der Waals surface area (Å²) in [4.78, 5) is 70.1. The zero-order valence-electron chi connectivity index (χ0n) is 18.1. The van der Waals surface area contributed by atoms with Crippen LogP contribution in [0.15, 0.2) is 24.3 Å². The van der Waals surface area contributed by atoms with Gasteiger partial charge in [-0.05, 0) is 24.6 Å². The van der Waals surface area contributed by atoms with E-state index in [4.69, 9.17) is 15.9 Å². The fraction of sp³-hybridized carbons (Fsp3) is 0.400. The lowest BCUT2D eigenvalue weighted by molar-refractivity contribution is -0.143. The van der Waals surface area contributed by atoms with E-state index in [0.29, 0.717) is 5.56 Å². The van der Waals surface area contributed by atoms with Crippen molar-refractivity contribution in [2.24, 2.45) is 5.73 Å². The predicted molar refractivity (Wildman–Crippen MR) is 113 cm³/mol. The first kappa shape index (κ1) is 27.8. The van der Waals surface area contributed by atoms with Gasteiger partial charge in [0.2, 0.25) is 17.7 Å². The van der Waals surface area contributed by atoms with E-state index in [1.54, 1.807) is 0 Å². The number of nitrogens with one attached hydrogen (secondary N) is 3. The van der Waals surface area contributed by atoms with Gasteiger partial charge in [-0.2, -0.15) is 0 Å². The van der Waals surface area contributed by atoms with Crippen molar-refractivity contribution in [2.45, 2.75) is 50.4 Å². The van der Waals surface area contributed by atoms with Gasteiger partial charge in [0.1, 0.15) is 23.9 Å². The van der Waals surface area contributed by atoms with Crippen molar-refractivity contribution in [1.82, 2.24) is 16.0 Å². The lowest BCUT2D eigenvalue weighted by Crippen LogP contribution is -2.57. The summed E-state index contributed by atoms with van der Waals surface area (Å²) in [6.07, 6.45) is -1.77. The highest BCUT2D eigenvalue weighted by Crippen LogP contribution is 2.11. The number of phenols is 1. The minimum atomic E-state index is -1.67. The molecule has 3 amide bonds. The predicted octanol–water partition coefficient (Wildman–Crippen LogP) is -2.23. The van der Waals surface area contributed by atoms with Gasteiger partial charge in [-0.15, -0.1) is 0 Å². The molecule has 0 aromatic heterocycles. The summed E-state index contributed by atoms with van der Waals surface area (Å²) in [6.45, 7) is 1.21. The minimum absolute atomic E-state index is 0.0251. The Balaban J connectivity index is 2.81. The first-order valence-corrected chi connectivity index (χ1v) is 9.91. The summed E-state index contributed by atoms with van der Waals surface area (Å²) < 4.78 is 0. The summed E-state index contributed by atoms with van der Waals surface area (Å²) >= 11 is 0. The number of carbonyl (C=O) groups is 6. The maximum Gasteiger partial charge on any atom is 0.326 e. The Morgan fingerprint density at radius 1 is 0.794 bits per heavy atom. The van der Waals surface area contributed by atoms with Crippen LogP contribution in [-0.4, -0.2) is 80.2 Å². The van der Waals surface area contributed by atoms with Crippen LogP contribution in [0.1, 0.15) is 25.3 Å². The smallest absolute Gasteiger partial charge is 0.326 e. The fourth-order valence-electron chi connectivity index (χ4n) is 2.69. The maximum absolute atomic E-state index is 12.5. The molecule has 0 saturated heterocycles. The summed E-state index contributed by atoms with van der Waals surface area (Å²) in [5, 5.41) is 42.8. The topological polar surface area (TPSA) is 245 Å². The molecule has 14 heteroatoms. The van der Waals surface area contributed by atoms with Crippen LogP contribution < -0.4 is 21.7 Å². The molecule has 0 fully saturated rings.